The van der Waals surface area contributed by atoms with Crippen LogP contribution < -0.4 is 4.74 Å². The average Bonchev–Trinajstić information content (AvgIpc) is 2.60. The summed E-state index contributed by atoms with van der Waals surface area (Å²) in [5, 5.41) is 0. The van der Waals surface area contributed by atoms with Crippen molar-refractivity contribution in [1.29, 1.82) is 0 Å². The van der Waals surface area contributed by atoms with Crippen molar-refractivity contribution >= 4 is 12.0 Å². The van der Waals surface area contributed by atoms with Gasteiger partial charge in [0.15, 0.2) is 0 Å². The van der Waals surface area contributed by atoms with Gasteiger partial charge in [0.1, 0.15) is 5.75 Å². The quantitative estimate of drug-likeness (QED) is 0.742. The van der Waals surface area contributed by atoms with Gasteiger partial charge in [-0.2, -0.15) is 0 Å². The number of amides is 1. The number of carbonyl (C=O) groups is 1. The second-order valence-electron chi connectivity index (χ2n) is 7.25. The highest BCUT2D eigenvalue weighted by atomic mass is 16.5. The van der Waals surface area contributed by atoms with Crippen molar-refractivity contribution in [2.45, 2.75) is 32.7 Å². The SMILES string of the molecule is COc1ccc(CN(C)C(=O)/C=C/c2ccc(C(C)(C)C)cc2)cc1. The van der Waals surface area contributed by atoms with Gasteiger partial charge in [-0.25, -0.2) is 0 Å². The number of nitrogens with zero attached hydrogens (tertiary/aromatic N) is 1. The second-order valence-corrected chi connectivity index (χ2v) is 7.25. The molecule has 2 aromatic rings. The Balaban J connectivity index is 1.96. The molecule has 0 saturated heterocycles. The van der Waals surface area contributed by atoms with Gasteiger partial charge in [0.05, 0.1) is 7.11 Å². The molecule has 2 aromatic carbocycles. The number of benzene rings is 2. The number of methoxy groups -OCH3 is 1. The van der Waals surface area contributed by atoms with Crippen LogP contribution in [0.15, 0.2) is 54.6 Å². The van der Waals surface area contributed by atoms with Crippen LogP contribution in [0.2, 0.25) is 0 Å². The van der Waals surface area contributed by atoms with Crippen molar-refractivity contribution in [2.24, 2.45) is 0 Å². The first-order valence-electron chi connectivity index (χ1n) is 8.46. The summed E-state index contributed by atoms with van der Waals surface area (Å²) in [5.74, 6) is 0.798. The zero-order valence-electron chi connectivity index (χ0n) is 15.7. The molecule has 132 valence electrons. The van der Waals surface area contributed by atoms with E-state index in [1.54, 1.807) is 25.1 Å². The van der Waals surface area contributed by atoms with Gasteiger partial charge in [0, 0.05) is 19.7 Å². The van der Waals surface area contributed by atoms with Gasteiger partial charge in [-0.05, 0) is 40.3 Å². The number of likely N-dealkylation sites (N-methyl/N-ethyl adjacent to an activating group) is 1. The minimum atomic E-state index is -0.0179. The number of carbonyl (C=O) groups excluding carboxylic acids is 1. The first-order valence-corrected chi connectivity index (χ1v) is 8.46. The first kappa shape index (κ1) is 18.8. The van der Waals surface area contributed by atoms with Crippen molar-refractivity contribution in [1.82, 2.24) is 4.90 Å². The summed E-state index contributed by atoms with van der Waals surface area (Å²) in [6, 6.07) is 16.1. The van der Waals surface area contributed by atoms with Crippen molar-refractivity contribution in [2.75, 3.05) is 14.2 Å². The van der Waals surface area contributed by atoms with Crippen LogP contribution >= 0.6 is 0 Å². The molecule has 3 nitrogen and oxygen atoms in total. The van der Waals surface area contributed by atoms with Crippen molar-refractivity contribution < 1.29 is 9.53 Å². The maximum absolute atomic E-state index is 12.3. The summed E-state index contributed by atoms with van der Waals surface area (Å²) in [6.07, 6.45) is 3.48. The van der Waals surface area contributed by atoms with Gasteiger partial charge in [0.25, 0.3) is 0 Å². The molecule has 0 aliphatic carbocycles. The Hall–Kier alpha value is -2.55. The summed E-state index contributed by atoms with van der Waals surface area (Å²) in [6.45, 7) is 7.14. The summed E-state index contributed by atoms with van der Waals surface area (Å²) < 4.78 is 5.15. The van der Waals surface area contributed by atoms with E-state index in [4.69, 9.17) is 4.74 Å². The lowest BCUT2D eigenvalue weighted by molar-refractivity contribution is -0.125. The third kappa shape index (κ3) is 5.49. The first-order chi connectivity index (χ1) is 11.8. The number of hydrogen-bond donors (Lipinski definition) is 0. The molecule has 0 heterocycles. The molecular formula is C22H27NO2. The highest BCUT2D eigenvalue weighted by Gasteiger charge is 2.12. The molecule has 0 bridgehead atoms. The van der Waals surface area contributed by atoms with E-state index in [0.29, 0.717) is 6.54 Å². The Kier molecular flexibility index (Phi) is 6.02. The summed E-state index contributed by atoms with van der Waals surface area (Å²) >= 11 is 0. The Morgan fingerprint density at radius 3 is 2.16 bits per heavy atom. The molecule has 0 atom stereocenters. The average molecular weight is 337 g/mol. The topological polar surface area (TPSA) is 29.5 Å². The fraction of sp³-hybridized carbons (Fsp3) is 0.318. The predicted molar refractivity (Wildman–Crippen MR) is 104 cm³/mol. The zero-order valence-corrected chi connectivity index (χ0v) is 15.7. The molecule has 0 unspecified atom stereocenters. The van der Waals surface area contributed by atoms with Gasteiger partial charge in [-0.1, -0.05) is 57.2 Å². The predicted octanol–water partition coefficient (Wildman–Crippen LogP) is 4.66. The number of ether oxygens (including phenoxy) is 1. The van der Waals surface area contributed by atoms with E-state index in [2.05, 4.69) is 32.9 Å². The molecule has 0 N–H and O–H groups in total. The Labute approximate surface area is 150 Å². The van der Waals surface area contributed by atoms with Crippen molar-refractivity contribution in [3.05, 3.63) is 71.3 Å². The molecule has 2 rings (SSSR count). The highest BCUT2D eigenvalue weighted by molar-refractivity contribution is 5.91. The van der Waals surface area contributed by atoms with E-state index in [0.717, 1.165) is 16.9 Å². The molecular weight excluding hydrogens is 310 g/mol. The van der Waals surface area contributed by atoms with Crippen LogP contribution in [0.4, 0.5) is 0 Å². The van der Waals surface area contributed by atoms with E-state index in [1.807, 2.05) is 42.5 Å². The maximum atomic E-state index is 12.3. The zero-order chi connectivity index (χ0) is 18.4. The molecule has 0 spiro atoms. The van der Waals surface area contributed by atoms with Crippen LogP contribution in [-0.4, -0.2) is 25.0 Å². The van der Waals surface area contributed by atoms with E-state index in [-0.39, 0.29) is 11.3 Å². The van der Waals surface area contributed by atoms with Crippen LogP contribution in [0.1, 0.15) is 37.5 Å². The number of rotatable bonds is 5. The summed E-state index contributed by atoms with van der Waals surface area (Å²) in [5.41, 5.74) is 3.52. The number of hydrogen-bond acceptors (Lipinski definition) is 2. The minimum Gasteiger partial charge on any atom is -0.497 e. The molecule has 0 radical (unpaired) electrons. The third-order valence-electron chi connectivity index (χ3n) is 4.15. The molecule has 25 heavy (non-hydrogen) atoms. The van der Waals surface area contributed by atoms with Crippen LogP contribution in [0.25, 0.3) is 6.08 Å². The van der Waals surface area contributed by atoms with Gasteiger partial charge in [-0.15, -0.1) is 0 Å². The van der Waals surface area contributed by atoms with E-state index >= 15 is 0 Å². The molecule has 0 aromatic heterocycles. The van der Waals surface area contributed by atoms with Crippen LogP contribution in [-0.2, 0) is 16.8 Å². The fourth-order valence-electron chi connectivity index (χ4n) is 2.47. The Bertz CT molecular complexity index is 722. The largest absolute Gasteiger partial charge is 0.497 e. The standard InChI is InChI=1S/C22H27NO2/c1-22(2,3)19-11-6-17(7-12-19)10-15-21(24)23(4)16-18-8-13-20(25-5)14-9-18/h6-15H,16H2,1-5H3/b15-10+. The van der Waals surface area contributed by atoms with E-state index < -0.39 is 0 Å². The smallest absolute Gasteiger partial charge is 0.246 e. The van der Waals surface area contributed by atoms with Crippen molar-refractivity contribution in [3.8, 4) is 5.75 Å². The lowest BCUT2D eigenvalue weighted by Crippen LogP contribution is -2.24. The Morgan fingerprint density at radius 1 is 1.04 bits per heavy atom. The molecule has 0 saturated carbocycles. The molecule has 0 aliphatic heterocycles. The highest BCUT2D eigenvalue weighted by Crippen LogP contribution is 2.22. The maximum Gasteiger partial charge on any atom is 0.246 e. The minimum absolute atomic E-state index is 0.0179. The summed E-state index contributed by atoms with van der Waals surface area (Å²) in [7, 11) is 3.45. The van der Waals surface area contributed by atoms with Gasteiger partial charge in [-0.3, -0.25) is 4.79 Å². The fourth-order valence-corrected chi connectivity index (χ4v) is 2.47. The Morgan fingerprint density at radius 2 is 1.64 bits per heavy atom. The summed E-state index contributed by atoms with van der Waals surface area (Å²) in [4.78, 5) is 14.0. The van der Waals surface area contributed by atoms with E-state index in [1.165, 1.54) is 5.56 Å². The second kappa shape index (κ2) is 8.02. The third-order valence-corrected chi connectivity index (χ3v) is 4.15. The van der Waals surface area contributed by atoms with Crippen LogP contribution in [0.5, 0.6) is 5.75 Å². The molecule has 3 heteroatoms. The van der Waals surface area contributed by atoms with Crippen molar-refractivity contribution in [3.63, 3.8) is 0 Å². The normalized spacial score (nSPS) is 11.6. The van der Waals surface area contributed by atoms with Gasteiger partial charge >= 0.3 is 0 Å². The van der Waals surface area contributed by atoms with E-state index in [9.17, 15) is 4.79 Å². The molecule has 1 amide bonds. The molecule has 0 aliphatic rings. The monoisotopic (exact) mass is 337 g/mol. The van der Waals surface area contributed by atoms with Crippen LogP contribution in [0.3, 0.4) is 0 Å². The van der Waals surface area contributed by atoms with Gasteiger partial charge < -0.3 is 9.64 Å². The van der Waals surface area contributed by atoms with Crippen LogP contribution in [0, 0.1) is 0 Å². The molecule has 0 fully saturated rings. The van der Waals surface area contributed by atoms with Gasteiger partial charge in [0.2, 0.25) is 5.91 Å². The lowest BCUT2D eigenvalue weighted by atomic mass is 9.87. The lowest BCUT2D eigenvalue weighted by Gasteiger charge is -2.18.